The van der Waals surface area contributed by atoms with E-state index in [0.29, 0.717) is 19.1 Å². The van der Waals surface area contributed by atoms with E-state index in [4.69, 9.17) is 0 Å². The first kappa shape index (κ1) is 14.9. The highest BCUT2D eigenvalue weighted by Crippen LogP contribution is 2.47. The molecule has 2 amide bonds. The molecule has 2 aliphatic carbocycles. The Hall–Kier alpha value is -1.68. The van der Waals surface area contributed by atoms with Crippen molar-refractivity contribution in [3.05, 3.63) is 35.4 Å². The summed E-state index contributed by atoms with van der Waals surface area (Å²) in [6.45, 7) is 0.429. The first-order valence-electron chi connectivity index (χ1n) is 8.74. The number of hydrogen-bond donors (Lipinski definition) is 0. The van der Waals surface area contributed by atoms with Crippen molar-refractivity contribution in [3.8, 4) is 0 Å². The van der Waals surface area contributed by atoms with E-state index in [2.05, 4.69) is 29.2 Å². The van der Waals surface area contributed by atoms with Crippen LogP contribution in [0.4, 0.5) is 0 Å². The molecule has 1 spiro atoms. The Kier molecular flexibility index (Phi) is 3.52. The number of imide groups is 1. The first-order valence-corrected chi connectivity index (χ1v) is 8.74. The summed E-state index contributed by atoms with van der Waals surface area (Å²) in [5.41, 5.74) is 2.39. The van der Waals surface area contributed by atoms with E-state index < -0.39 is 0 Å². The van der Waals surface area contributed by atoms with Gasteiger partial charge in [0.1, 0.15) is 0 Å². The van der Waals surface area contributed by atoms with Crippen molar-refractivity contribution in [1.29, 1.82) is 0 Å². The number of carbonyl (C=O) groups is 2. The lowest BCUT2D eigenvalue weighted by Crippen LogP contribution is -2.42. The van der Waals surface area contributed by atoms with Crippen LogP contribution < -0.4 is 0 Å². The SMILES string of the molecule is CN(CN1C(=O)CC2(CCCC2)C1=O)C1CCc2ccccc21. The minimum Gasteiger partial charge on any atom is -0.282 e. The van der Waals surface area contributed by atoms with Gasteiger partial charge >= 0.3 is 0 Å². The molecular formula is C19H24N2O2. The Morgan fingerprint density at radius 1 is 1.22 bits per heavy atom. The molecule has 1 aromatic rings. The lowest BCUT2D eigenvalue weighted by Gasteiger charge is -2.30. The molecule has 1 saturated carbocycles. The van der Waals surface area contributed by atoms with Crippen LogP contribution in [-0.2, 0) is 16.0 Å². The third kappa shape index (κ3) is 2.31. The van der Waals surface area contributed by atoms with Gasteiger partial charge in [-0.15, -0.1) is 0 Å². The standard InChI is InChI=1S/C19H24N2O2/c1-20(16-9-8-14-6-2-3-7-15(14)16)13-21-17(22)12-19(18(21)23)10-4-5-11-19/h2-3,6-7,16H,4-5,8-13H2,1H3. The van der Waals surface area contributed by atoms with Gasteiger partial charge in [-0.1, -0.05) is 37.1 Å². The number of fused-ring (bicyclic) bond motifs is 1. The maximum atomic E-state index is 12.8. The van der Waals surface area contributed by atoms with Crippen molar-refractivity contribution < 1.29 is 9.59 Å². The van der Waals surface area contributed by atoms with Gasteiger partial charge < -0.3 is 0 Å². The van der Waals surface area contributed by atoms with Gasteiger partial charge in [0.05, 0.1) is 12.1 Å². The second-order valence-corrected chi connectivity index (χ2v) is 7.44. The fourth-order valence-electron chi connectivity index (χ4n) is 4.76. The van der Waals surface area contributed by atoms with Crippen LogP contribution in [-0.4, -0.2) is 35.3 Å². The fourth-order valence-corrected chi connectivity index (χ4v) is 4.76. The van der Waals surface area contributed by atoms with Crippen LogP contribution in [0, 0.1) is 5.41 Å². The molecule has 0 radical (unpaired) electrons. The van der Waals surface area contributed by atoms with Crippen molar-refractivity contribution in [2.45, 2.75) is 51.0 Å². The average molecular weight is 312 g/mol. The second kappa shape index (κ2) is 5.45. The fraction of sp³-hybridized carbons (Fsp3) is 0.579. The maximum Gasteiger partial charge on any atom is 0.237 e. The Bertz CT molecular complexity index is 649. The van der Waals surface area contributed by atoms with Crippen LogP contribution in [0.1, 0.15) is 55.7 Å². The van der Waals surface area contributed by atoms with Crippen LogP contribution >= 0.6 is 0 Å². The summed E-state index contributed by atoms with van der Waals surface area (Å²) in [7, 11) is 2.03. The summed E-state index contributed by atoms with van der Waals surface area (Å²) >= 11 is 0. The molecule has 0 aromatic heterocycles. The van der Waals surface area contributed by atoms with Crippen LogP contribution in [0.25, 0.3) is 0 Å². The molecule has 1 atom stereocenters. The molecule has 2 fully saturated rings. The molecule has 0 bridgehead atoms. The minimum atomic E-state index is -0.356. The Morgan fingerprint density at radius 3 is 2.74 bits per heavy atom. The molecule has 1 unspecified atom stereocenters. The zero-order chi connectivity index (χ0) is 16.0. The van der Waals surface area contributed by atoms with Gasteiger partial charge in [-0.25, -0.2) is 0 Å². The largest absolute Gasteiger partial charge is 0.282 e. The second-order valence-electron chi connectivity index (χ2n) is 7.44. The van der Waals surface area contributed by atoms with Gasteiger partial charge in [0, 0.05) is 12.5 Å². The molecule has 4 nitrogen and oxygen atoms in total. The summed E-state index contributed by atoms with van der Waals surface area (Å²) in [6, 6.07) is 8.83. The van der Waals surface area contributed by atoms with E-state index in [1.54, 1.807) is 0 Å². The number of aryl methyl sites for hydroxylation is 1. The Balaban J connectivity index is 1.50. The molecule has 4 rings (SSSR count). The zero-order valence-corrected chi connectivity index (χ0v) is 13.8. The first-order chi connectivity index (χ1) is 11.1. The predicted molar refractivity (Wildman–Crippen MR) is 87.5 cm³/mol. The molecule has 1 heterocycles. The summed E-state index contributed by atoms with van der Waals surface area (Å²) in [5, 5.41) is 0. The van der Waals surface area contributed by atoms with Crippen LogP contribution in [0.3, 0.4) is 0 Å². The third-order valence-corrected chi connectivity index (χ3v) is 6.05. The minimum absolute atomic E-state index is 0.0232. The lowest BCUT2D eigenvalue weighted by molar-refractivity contribution is -0.144. The summed E-state index contributed by atoms with van der Waals surface area (Å²) in [6.07, 6.45) is 6.53. The highest BCUT2D eigenvalue weighted by Gasteiger charge is 2.52. The normalized spacial score (nSPS) is 25.8. The molecule has 3 aliphatic rings. The van der Waals surface area contributed by atoms with Crippen LogP contribution in [0.2, 0.25) is 0 Å². The van der Waals surface area contributed by atoms with E-state index >= 15 is 0 Å². The Labute approximate surface area is 137 Å². The van der Waals surface area contributed by atoms with Crippen molar-refractivity contribution >= 4 is 11.8 Å². The van der Waals surface area contributed by atoms with Crippen molar-refractivity contribution in [3.63, 3.8) is 0 Å². The van der Waals surface area contributed by atoms with Gasteiger partial charge in [-0.2, -0.15) is 0 Å². The summed E-state index contributed by atoms with van der Waals surface area (Å²) in [4.78, 5) is 28.9. The number of benzene rings is 1. The molecule has 1 aromatic carbocycles. The van der Waals surface area contributed by atoms with E-state index in [9.17, 15) is 9.59 Å². The smallest absolute Gasteiger partial charge is 0.237 e. The molecule has 1 saturated heterocycles. The highest BCUT2D eigenvalue weighted by molar-refractivity contribution is 6.06. The quantitative estimate of drug-likeness (QED) is 0.806. The maximum absolute atomic E-state index is 12.8. The number of hydrogen-bond acceptors (Lipinski definition) is 3. The van der Waals surface area contributed by atoms with Crippen molar-refractivity contribution in [2.24, 2.45) is 5.41 Å². The molecule has 122 valence electrons. The van der Waals surface area contributed by atoms with Gasteiger partial charge in [0.25, 0.3) is 0 Å². The molecule has 1 aliphatic heterocycles. The third-order valence-electron chi connectivity index (χ3n) is 6.05. The van der Waals surface area contributed by atoms with Gasteiger partial charge in [-0.3, -0.25) is 19.4 Å². The van der Waals surface area contributed by atoms with E-state index in [1.807, 2.05) is 7.05 Å². The Morgan fingerprint density at radius 2 is 1.96 bits per heavy atom. The van der Waals surface area contributed by atoms with Crippen molar-refractivity contribution in [1.82, 2.24) is 9.80 Å². The van der Waals surface area contributed by atoms with Gasteiger partial charge in [0.15, 0.2) is 0 Å². The van der Waals surface area contributed by atoms with E-state index in [0.717, 1.165) is 38.5 Å². The zero-order valence-electron chi connectivity index (χ0n) is 13.8. The van der Waals surface area contributed by atoms with Crippen LogP contribution in [0.15, 0.2) is 24.3 Å². The number of rotatable bonds is 3. The topological polar surface area (TPSA) is 40.6 Å². The number of nitrogens with zero attached hydrogens (tertiary/aromatic N) is 2. The van der Waals surface area contributed by atoms with Crippen LogP contribution in [0.5, 0.6) is 0 Å². The number of carbonyl (C=O) groups excluding carboxylic acids is 2. The molecule has 23 heavy (non-hydrogen) atoms. The van der Waals surface area contributed by atoms with Crippen molar-refractivity contribution in [2.75, 3.05) is 13.7 Å². The van der Waals surface area contributed by atoms with Gasteiger partial charge in [-0.05, 0) is 43.9 Å². The van der Waals surface area contributed by atoms with Gasteiger partial charge in [0.2, 0.25) is 11.8 Å². The number of likely N-dealkylation sites (tertiary alicyclic amines) is 1. The summed E-state index contributed by atoms with van der Waals surface area (Å²) < 4.78 is 0. The summed E-state index contributed by atoms with van der Waals surface area (Å²) in [5.74, 6) is 0.105. The molecular weight excluding hydrogens is 288 g/mol. The molecule has 0 N–H and O–H groups in total. The average Bonchev–Trinajstić information content (AvgIpc) is 3.23. The van der Waals surface area contributed by atoms with E-state index in [-0.39, 0.29) is 17.2 Å². The molecule has 4 heteroatoms. The monoisotopic (exact) mass is 312 g/mol. The van der Waals surface area contributed by atoms with E-state index in [1.165, 1.54) is 16.0 Å². The highest BCUT2D eigenvalue weighted by atomic mass is 16.2. The number of amides is 2. The predicted octanol–water partition coefficient (Wildman–Crippen LogP) is 2.88. The lowest BCUT2D eigenvalue weighted by atomic mass is 9.85.